The fourth-order valence-electron chi connectivity index (χ4n) is 5.36. The van der Waals surface area contributed by atoms with E-state index in [-0.39, 0.29) is 20.0 Å². The van der Waals surface area contributed by atoms with Crippen molar-refractivity contribution in [2.45, 2.75) is 57.7 Å². The molecule has 0 saturated heterocycles. The minimum absolute atomic E-state index is 0.172. The number of nitrogens with zero attached hydrogens (tertiary/aromatic N) is 2. The maximum absolute atomic E-state index is 11.5. The largest absolute Gasteiger partial charge is 0.496 e. The Morgan fingerprint density at radius 3 is 2.71 bits per heavy atom. The highest BCUT2D eigenvalue weighted by Crippen LogP contribution is 2.46. The summed E-state index contributed by atoms with van der Waals surface area (Å²) in [4.78, 5) is 16.4. The molecule has 0 bridgehead atoms. The van der Waals surface area contributed by atoms with Gasteiger partial charge >= 0.3 is 5.97 Å². The van der Waals surface area contributed by atoms with Gasteiger partial charge in [-0.25, -0.2) is 4.98 Å². The van der Waals surface area contributed by atoms with Crippen molar-refractivity contribution in [3.05, 3.63) is 64.7 Å². The molecule has 2 heterocycles. The first kappa shape index (κ1) is 24.8. The number of hydrogen-bond donors (Lipinski definition) is 2. The lowest BCUT2D eigenvalue weighted by Gasteiger charge is -2.18. The van der Waals surface area contributed by atoms with E-state index in [0.717, 1.165) is 54.7 Å². The highest BCUT2D eigenvalue weighted by molar-refractivity contribution is 5.77. The lowest BCUT2D eigenvalue weighted by atomic mass is 10.1. The molecule has 1 saturated carbocycles. The summed E-state index contributed by atoms with van der Waals surface area (Å²) in [6.07, 6.45) is 5.37. The van der Waals surface area contributed by atoms with E-state index >= 15 is 0 Å². The molecule has 9 heteroatoms. The first-order valence-electron chi connectivity index (χ1n) is 13.2. The molecule has 1 unspecified atom stereocenters. The first-order valence-corrected chi connectivity index (χ1v) is 13.2. The highest BCUT2D eigenvalue weighted by Gasteiger charge is 2.50. The van der Waals surface area contributed by atoms with Gasteiger partial charge in [-0.15, -0.1) is 0 Å². The molecular formula is C29H32N2O7. The van der Waals surface area contributed by atoms with Crippen molar-refractivity contribution in [3.63, 3.8) is 0 Å². The van der Waals surface area contributed by atoms with E-state index in [0.29, 0.717) is 41.5 Å². The molecule has 9 nitrogen and oxygen atoms in total. The second-order valence-corrected chi connectivity index (χ2v) is 10.3. The van der Waals surface area contributed by atoms with Crippen molar-refractivity contribution in [2.24, 2.45) is 5.41 Å². The van der Waals surface area contributed by atoms with E-state index in [1.807, 2.05) is 36.4 Å². The van der Waals surface area contributed by atoms with Crippen LogP contribution in [0.2, 0.25) is 0 Å². The van der Waals surface area contributed by atoms with Crippen LogP contribution in [0, 0.1) is 5.41 Å². The van der Waals surface area contributed by atoms with Crippen LogP contribution in [0.5, 0.6) is 17.2 Å². The third-order valence-electron chi connectivity index (χ3n) is 7.84. The number of hydrogen-bond acceptors (Lipinski definition) is 7. The number of aliphatic hydroxyl groups is 1. The molecule has 2 N–H and O–H groups in total. The number of fused-ring (bicyclic) bond motifs is 2. The van der Waals surface area contributed by atoms with Gasteiger partial charge in [-0.05, 0) is 62.3 Å². The summed E-state index contributed by atoms with van der Waals surface area (Å²) >= 11 is 0. The van der Waals surface area contributed by atoms with Gasteiger partial charge in [0.25, 0.3) is 0 Å². The molecule has 6 rings (SSSR count). The van der Waals surface area contributed by atoms with Crippen LogP contribution in [0.3, 0.4) is 0 Å². The smallest absolute Gasteiger partial charge is 0.311 e. The SMILES string of the molecule is COc1cc(-n2c(C(O)c3ccc4c(c3)OCO4)nc3c2CCCCC3)ccc1COCC1(C(=O)O)CC1. The number of aliphatic hydroxyl groups excluding tert-OH is 1. The van der Waals surface area contributed by atoms with Crippen LogP contribution in [0.4, 0.5) is 0 Å². The number of carboxylic acids is 1. The fraction of sp³-hybridized carbons (Fsp3) is 0.448. The molecule has 1 aliphatic heterocycles. The molecule has 1 atom stereocenters. The van der Waals surface area contributed by atoms with Crippen LogP contribution in [-0.4, -0.2) is 46.2 Å². The third-order valence-corrected chi connectivity index (χ3v) is 7.84. The number of carbonyl (C=O) groups is 1. The quantitative estimate of drug-likeness (QED) is 0.401. The normalized spacial score (nSPS) is 17.9. The molecule has 1 fully saturated rings. The van der Waals surface area contributed by atoms with Gasteiger partial charge in [-0.3, -0.25) is 9.36 Å². The Balaban J connectivity index is 1.33. The van der Waals surface area contributed by atoms with Gasteiger partial charge in [0.05, 0.1) is 37.1 Å². The van der Waals surface area contributed by atoms with E-state index in [9.17, 15) is 15.0 Å². The van der Waals surface area contributed by atoms with Crippen molar-refractivity contribution < 1.29 is 34.0 Å². The molecule has 1 aromatic heterocycles. The molecule has 2 aromatic carbocycles. The third kappa shape index (κ3) is 4.50. The van der Waals surface area contributed by atoms with Gasteiger partial charge in [0.15, 0.2) is 11.5 Å². The number of ether oxygens (including phenoxy) is 4. The van der Waals surface area contributed by atoms with Crippen molar-refractivity contribution in [2.75, 3.05) is 20.5 Å². The zero-order valence-corrected chi connectivity index (χ0v) is 21.4. The van der Waals surface area contributed by atoms with Crippen LogP contribution >= 0.6 is 0 Å². The van der Waals surface area contributed by atoms with E-state index in [4.69, 9.17) is 23.9 Å². The Hall–Kier alpha value is -3.56. The Labute approximate surface area is 220 Å². The average molecular weight is 521 g/mol. The minimum Gasteiger partial charge on any atom is -0.496 e. The summed E-state index contributed by atoms with van der Waals surface area (Å²) in [6, 6.07) is 11.3. The van der Waals surface area contributed by atoms with Gasteiger partial charge in [0, 0.05) is 17.3 Å². The monoisotopic (exact) mass is 520 g/mol. The maximum atomic E-state index is 11.5. The van der Waals surface area contributed by atoms with Gasteiger partial charge in [0.1, 0.15) is 17.7 Å². The Morgan fingerprint density at radius 2 is 1.92 bits per heavy atom. The van der Waals surface area contributed by atoms with Crippen LogP contribution < -0.4 is 14.2 Å². The molecule has 38 heavy (non-hydrogen) atoms. The molecule has 3 aliphatic rings. The van der Waals surface area contributed by atoms with E-state index in [2.05, 4.69) is 4.57 Å². The maximum Gasteiger partial charge on any atom is 0.311 e. The Kier molecular flexibility index (Phi) is 6.49. The lowest BCUT2D eigenvalue weighted by Crippen LogP contribution is -2.21. The predicted octanol–water partition coefficient (Wildman–Crippen LogP) is 4.34. The van der Waals surface area contributed by atoms with Crippen molar-refractivity contribution >= 4 is 5.97 Å². The first-order chi connectivity index (χ1) is 18.5. The number of rotatable bonds is 9. The zero-order chi connectivity index (χ0) is 26.3. The number of aliphatic carboxylic acids is 1. The average Bonchev–Trinajstić information content (AvgIpc) is 3.52. The molecular weight excluding hydrogens is 488 g/mol. The number of benzene rings is 2. The van der Waals surface area contributed by atoms with Crippen LogP contribution in [0.15, 0.2) is 36.4 Å². The molecule has 200 valence electrons. The molecule has 0 radical (unpaired) electrons. The topological polar surface area (TPSA) is 112 Å². The number of imidazole rings is 1. The van der Waals surface area contributed by atoms with Crippen molar-refractivity contribution in [1.82, 2.24) is 9.55 Å². The fourth-order valence-corrected chi connectivity index (χ4v) is 5.36. The van der Waals surface area contributed by atoms with Crippen LogP contribution in [0.25, 0.3) is 5.69 Å². The number of carboxylic acid groups (broad SMARTS) is 1. The Morgan fingerprint density at radius 1 is 1.11 bits per heavy atom. The summed E-state index contributed by atoms with van der Waals surface area (Å²) in [5, 5.41) is 20.9. The van der Waals surface area contributed by atoms with E-state index < -0.39 is 17.5 Å². The van der Waals surface area contributed by atoms with E-state index in [1.54, 1.807) is 7.11 Å². The molecule has 0 amide bonds. The van der Waals surface area contributed by atoms with Gasteiger partial charge in [-0.2, -0.15) is 0 Å². The second kappa shape index (κ2) is 9.96. The van der Waals surface area contributed by atoms with Crippen molar-refractivity contribution in [1.29, 1.82) is 0 Å². The molecule has 3 aromatic rings. The number of methoxy groups -OCH3 is 1. The second-order valence-electron chi connectivity index (χ2n) is 10.3. The number of aromatic nitrogens is 2. The Bertz CT molecular complexity index is 1360. The standard InChI is InChI=1S/C29H32N2O7/c1-35-24-14-20(9-7-19(24)15-36-16-29(11-12-29)28(33)34)31-22-6-4-2-3-5-21(22)30-27(31)26(32)18-8-10-23-25(13-18)38-17-37-23/h7-10,13-14,26,32H,2-6,11-12,15-17H2,1H3,(H,33,34). The summed E-state index contributed by atoms with van der Waals surface area (Å²) in [6.45, 7) is 0.617. The lowest BCUT2D eigenvalue weighted by molar-refractivity contribution is -0.146. The van der Waals surface area contributed by atoms with Gasteiger partial charge < -0.3 is 29.2 Å². The van der Waals surface area contributed by atoms with Gasteiger partial charge in [0.2, 0.25) is 6.79 Å². The molecule has 0 spiro atoms. The van der Waals surface area contributed by atoms with Crippen LogP contribution in [0.1, 0.15) is 66.5 Å². The number of aryl methyl sites for hydroxylation is 1. The minimum atomic E-state index is -0.962. The summed E-state index contributed by atoms with van der Waals surface area (Å²) in [5.74, 6) is 1.68. The zero-order valence-electron chi connectivity index (χ0n) is 21.4. The highest BCUT2D eigenvalue weighted by atomic mass is 16.7. The van der Waals surface area contributed by atoms with Crippen LogP contribution in [-0.2, 0) is 29.0 Å². The van der Waals surface area contributed by atoms with Gasteiger partial charge in [-0.1, -0.05) is 18.6 Å². The predicted molar refractivity (Wildman–Crippen MR) is 137 cm³/mol. The van der Waals surface area contributed by atoms with E-state index in [1.165, 1.54) is 0 Å². The molecule has 2 aliphatic carbocycles. The van der Waals surface area contributed by atoms with Crippen molar-refractivity contribution in [3.8, 4) is 22.9 Å². The summed E-state index contributed by atoms with van der Waals surface area (Å²) in [7, 11) is 1.61. The summed E-state index contributed by atoms with van der Waals surface area (Å²) < 4.78 is 24.5. The summed E-state index contributed by atoms with van der Waals surface area (Å²) in [5.41, 5.74) is 3.76.